The van der Waals surface area contributed by atoms with E-state index < -0.39 is 11.6 Å². The van der Waals surface area contributed by atoms with Gasteiger partial charge in [0.1, 0.15) is 0 Å². The summed E-state index contributed by atoms with van der Waals surface area (Å²) in [5.41, 5.74) is -0.488. The first kappa shape index (κ1) is 18.5. The van der Waals surface area contributed by atoms with Gasteiger partial charge in [-0.25, -0.2) is 0 Å². The molecular formula is C20H18N2O5S. The SMILES string of the molecule is COc1cccc([C@@H]2CC(=O)N3C(=C2C#N)SC[C@@]3(O)c2ccco2)c1OC. The van der Waals surface area contributed by atoms with Crippen LogP contribution in [0.2, 0.25) is 0 Å². The number of hydrogen-bond acceptors (Lipinski definition) is 7. The molecule has 0 saturated carbocycles. The number of nitriles is 1. The zero-order valence-corrected chi connectivity index (χ0v) is 16.2. The number of ether oxygens (including phenoxy) is 2. The monoisotopic (exact) mass is 398 g/mol. The largest absolute Gasteiger partial charge is 0.493 e. The predicted octanol–water partition coefficient (Wildman–Crippen LogP) is 2.94. The molecule has 2 aromatic rings. The molecule has 3 heterocycles. The highest BCUT2D eigenvalue weighted by Crippen LogP contribution is 2.53. The van der Waals surface area contributed by atoms with Crippen LogP contribution in [0.25, 0.3) is 0 Å². The van der Waals surface area contributed by atoms with Crippen molar-refractivity contribution in [3.8, 4) is 17.6 Å². The van der Waals surface area contributed by atoms with Crippen LogP contribution >= 0.6 is 11.8 Å². The second kappa shape index (κ2) is 6.93. The first-order valence-electron chi connectivity index (χ1n) is 8.62. The Morgan fingerprint density at radius 1 is 1.32 bits per heavy atom. The van der Waals surface area contributed by atoms with Crippen molar-refractivity contribution < 1.29 is 23.8 Å². The molecule has 8 heteroatoms. The fourth-order valence-corrected chi connectivity index (χ4v) is 5.10. The van der Waals surface area contributed by atoms with Gasteiger partial charge in [0.2, 0.25) is 11.6 Å². The zero-order chi connectivity index (χ0) is 19.9. The molecule has 2 aliphatic rings. The van der Waals surface area contributed by atoms with Crippen LogP contribution in [0.5, 0.6) is 11.5 Å². The summed E-state index contributed by atoms with van der Waals surface area (Å²) in [6.45, 7) is 0. The molecule has 0 unspecified atom stereocenters. The standard InChI is InChI=1S/C20H18N2O5S/c1-25-15-6-3-5-12(18(15)26-2)13-9-17(23)22-19(14(13)10-21)28-11-20(22,24)16-7-4-8-27-16/h3-8,13,24H,9,11H2,1-2H3/t13-,20+/m0/s1. The number of allylic oxidation sites excluding steroid dienone is 1. The lowest BCUT2D eigenvalue weighted by Crippen LogP contribution is -2.48. The Morgan fingerprint density at radius 3 is 2.79 bits per heavy atom. The number of methoxy groups -OCH3 is 2. The van der Waals surface area contributed by atoms with Crippen molar-refractivity contribution in [1.82, 2.24) is 4.90 Å². The van der Waals surface area contributed by atoms with Gasteiger partial charge in [-0.1, -0.05) is 12.1 Å². The molecule has 1 saturated heterocycles. The van der Waals surface area contributed by atoms with E-state index >= 15 is 0 Å². The van der Waals surface area contributed by atoms with Gasteiger partial charge in [0.15, 0.2) is 17.3 Å². The van der Waals surface area contributed by atoms with Crippen LogP contribution in [0.1, 0.15) is 23.7 Å². The first-order chi connectivity index (χ1) is 13.5. The van der Waals surface area contributed by atoms with E-state index in [0.717, 1.165) is 0 Å². The molecule has 0 bridgehead atoms. The molecule has 0 aliphatic carbocycles. The number of amides is 1. The highest BCUT2D eigenvalue weighted by molar-refractivity contribution is 8.03. The maximum Gasteiger partial charge on any atom is 0.231 e. The van der Waals surface area contributed by atoms with E-state index in [-0.39, 0.29) is 23.8 Å². The van der Waals surface area contributed by atoms with E-state index in [2.05, 4.69) is 6.07 Å². The molecule has 1 amide bonds. The molecule has 144 valence electrons. The fourth-order valence-electron chi connectivity index (χ4n) is 3.77. The Kier molecular flexibility index (Phi) is 4.57. The normalized spacial score (nSPS) is 24.1. The second-order valence-electron chi connectivity index (χ2n) is 6.48. The van der Waals surface area contributed by atoms with Gasteiger partial charge in [-0.2, -0.15) is 5.26 Å². The molecule has 2 atom stereocenters. The van der Waals surface area contributed by atoms with Crippen LogP contribution < -0.4 is 9.47 Å². The number of benzene rings is 1. The van der Waals surface area contributed by atoms with E-state index in [1.54, 1.807) is 24.3 Å². The molecule has 1 aromatic heterocycles. The smallest absolute Gasteiger partial charge is 0.231 e. The van der Waals surface area contributed by atoms with Crippen LogP contribution in [0.3, 0.4) is 0 Å². The minimum absolute atomic E-state index is 0.0273. The molecule has 2 aliphatic heterocycles. The first-order valence-corrected chi connectivity index (χ1v) is 9.61. The summed E-state index contributed by atoms with van der Waals surface area (Å²) in [6, 6.07) is 10.9. The minimum Gasteiger partial charge on any atom is -0.493 e. The number of para-hydroxylation sites is 1. The quantitative estimate of drug-likeness (QED) is 0.846. The van der Waals surface area contributed by atoms with E-state index in [4.69, 9.17) is 13.9 Å². The number of nitrogens with zero attached hydrogens (tertiary/aromatic N) is 2. The van der Waals surface area contributed by atoms with Gasteiger partial charge in [0, 0.05) is 17.9 Å². The molecule has 1 fully saturated rings. The molecule has 0 radical (unpaired) electrons. The van der Waals surface area contributed by atoms with E-state index in [1.165, 1.54) is 37.1 Å². The third-order valence-corrected chi connectivity index (χ3v) is 6.26. The van der Waals surface area contributed by atoms with Crippen molar-refractivity contribution in [3.63, 3.8) is 0 Å². The Balaban J connectivity index is 1.85. The van der Waals surface area contributed by atoms with E-state index in [1.807, 2.05) is 6.07 Å². The lowest BCUT2D eigenvalue weighted by molar-refractivity contribution is -0.152. The Labute approximate surface area is 166 Å². The molecular weight excluding hydrogens is 380 g/mol. The minimum atomic E-state index is -1.61. The summed E-state index contributed by atoms with van der Waals surface area (Å²) in [4.78, 5) is 14.4. The van der Waals surface area contributed by atoms with Gasteiger partial charge in [-0.15, -0.1) is 11.8 Å². The van der Waals surface area contributed by atoms with E-state index in [9.17, 15) is 15.2 Å². The number of rotatable bonds is 4. The summed E-state index contributed by atoms with van der Waals surface area (Å²) in [6.07, 6.45) is 1.47. The number of furan rings is 1. The number of carbonyl (C=O) groups is 1. The number of carbonyl (C=O) groups excluding carboxylic acids is 1. The van der Waals surface area contributed by atoms with Gasteiger partial charge in [-0.3, -0.25) is 9.69 Å². The number of thioether (sulfide) groups is 1. The summed E-state index contributed by atoms with van der Waals surface area (Å²) < 4.78 is 16.2. The molecule has 1 N–H and O–H groups in total. The summed E-state index contributed by atoms with van der Waals surface area (Å²) in [7, 11) is 3.06. The molecule has 4 rings (SSSR count). The lowest BCUT2D eigenvalue weighted by atomic mass is 9.85. The van der Waals surface area contributed by atoms with Crippen molar-refractivity contribution in [2.75, 3.05) is 20.0 Å². The maximum absolute atomic E-state index is 13.1. The predicted molar refractivity (Wildman–Crippen MR) is 101 cm³/mol. The molecule has 1 aromatic carbocycles. The topological polar surface area (TPSA) is 95.9 Å². The van der Waals surface area contributed by atoms with Crippen molar-refractivity contribution >= 4 is 17.7 Å². The van der Waals surface area contributed by atoms with Crippen LogP contribution in [0.15, 0.2) is 51.6 Å². The van der Waals surface area contributed by atoms with Crippen LogP contribution in [0.4, 0.5) is 0 Å². The van der Waals surface area contributed by atoms with Gasteiger partial charge in [-0.05, 0) is 18.2 Å². The lowest BCUT2D eigenvalue weighted by Gasteiger charge is -2.36. The molecule has 0 spiro atoms. The third kappa shape index (κ3) is 2.58. The fraction of sp³-hybridized carbons (Fsp3) is 0.300. The third-order valence-electron chi connectivity index (χ3n) is 5.04. The van der Waals surface area contributed by atoms with Crippen molar-refractivity contribution in [1.29, 1.82) is 5.26 Å². The molecule has 7 nitrogen and oxygen atoms in total. The molecule has 28 heavy (non-hydrogen) atoms. The van der Waals surface area contributed by atoms with Crippen molar-refractivity contribution in [2.45, 2.75) is 18.1 Å². The Bertz CT molecular complexity index is 995. The van der Waals surface area contributed by atoms with Crippen molar-refractivity contribution in [3.05, 3.63) is 58.5 Å². The Hall–Kier alpha value is -2.89. The number of hydrogen-bond donors (Lipinski definition) is 1. The highest BCUT2D eigenvalue weighted by Gasteiger charge is 2.53. The number of aliphatic hydroxyl groups is 1. The highest BCUT2D eigenvalue weighted by atomic mass is 32.2. The van der Waals surface area contributed by atoms with E-state index in [0.29, 0.717) is 27.7 Å². The van der Waals surface area contributed by atoms with Gasteiger partial charge < -0.3 is 19.0 Å². The van der Waals surface area contributed by atoms with Crippen LogP contribution in [-0.2, 0) is 10.5 Å². The van der Waals surface area contributed by atoms with Crippen LogP contribution in [0, 0.1) is 11.3 Å². The second-order valence-corrected chi connectivity index (χ2v) is 7.45. The van der Waals surface area contributed by atoms with Gasteiger partial charge >= 0.3 is 0 Å². The maximum atomic E-state index is 13.1. The van der Waals surface area contributed by atoms with Gasteiger partial charge in [0.05, 0.1) is 42.9 Å². The number of fused-ring (bicyclic) bond motifs is 1. The van der Waals surface area contributed by atoms with Crippen LogP contribution in [-0.4, -0.2) is 35.9 Å². The summed E-state index contributed by atoms with van der Waals surface area (Å²) >= 11 is 1.27. The summed E-state index contributed by atoms with van der Waals surface area (Å²) in [5, 5.41) is 21.5. The summed E-state index contributed by atoms with van der Waals surface area (Å²) in [5.74, 6) is 0.720. The van der Waals surface area contributed by atoms with Crippen molar-refractivity contribution in [2.24, 2.45) is 0 Å². The zero-order valence-electron chi connectivity index (χ0n) is 15.3. The average Bonchev–Trinajstić information content (AvgIpc) is 3.37. The Morgan fingerprint density at radius 2 is 2.14 bits per heavy atom. The average molecular weight is 398 g/mol. The van der Waals surface area contributed by atoms with Gasteiger partial charge in [0.25, 0.3) is 0 Å².